The minimum absolute atomic E-state index is 0. The van der Waals surface area contributed by atoms with Gasteiger partial charge in [0.25, 0.3) is 0 Å². The molecule has 0 bridgehead atoms. The van der Waals surface area contributed by atoms with Gasteiger partial charge in [0.15, 0.2) is 11.6 Å². The van der Waals surface area contributed by atoms with Gasteiger partial charge in [0.1, 0.15) is 6.04 Å². The summed E-state index contributed by atoms with van der Waals surface area (Å²) in [5.41, 5.74) is 5.39. The third kappa shape index (κ3) is 9.46. The highest BCUT2D eigenvalue weighted by atomic mass is 35.5. The number of esters is 1. The summed E-state index contributed by atoms with van der Waals surface area (Å²) in [6.07, 6.45) is 0.149. The number of ether oxygens (including phenoxy) is 1. The Balaban J connectivity index is 0. The van der Waals surface area contributed by atoms with Crippen LogP contribution in [0, 0.1) is 0 Å². The molecule has 3 N–H and O–H groups in total. The molecule has 0 aliphatic heterocycles. The standard InChI is InChI=1S/C12H19NO6.ClH/c1-2-3-11(18)19-7-6-9(15)12(13)8(14)4-5-10(16)17;/h12H,2-7,13H2,1H3,(H,16,17);1H. The topological polar surface area (TPSA) is 124 Å². The number of hydrogen-bond acceptors (Lipinski definition) is 6. The van der Waals surface area contributed by atoms with E-state index in [-0.39, 0.29) is 44.7 Å². The van der Waals surface area contributed by atoms with E-state index in [4.69, 9.17) is 15.6 Å². The Bertz CT molecular complexity index is 358. The van der Waals surface area contributed by atoms with E-state index in [1.165, 1.54) is 0 Å². The Morgan fingerprint density at radius 2 is 1.60 bits per heavy atom. The first-order chi connectivity index (χ1) is 8.88. The monoisotopic (exact) mass is 309 g/mol. The summed E-state index contributed by atoms with van der Waals surface area (Å²) in [5, 5.41) is 8.40. The van der Waals surface area contributed by atoms with Crippen LogP contribution in [0.25, 0.3) is 0 Å². The Morgan fingerprint density at radius 1 is 1.05 bits per heavy atom. The fourth-order valence-electron chi connectivity index (χ4n) is 1.26. The van der Waals surface area contributed by atoms with Crippen LogP contribution in [0.3, 0.4) is 0 Å². The van der Waals surface area contributed by atoms with Crippen LogP contribution in [-0.2, 0) is 23.9 Å². The summed E-state index contributed by atoms with van der Waals surface area (Å²) in [6.45, 7) is 1.71. The highest BCUT2D eigenvalue weighted by Gasteiger charge is 2.22. The van der Waals surface area contributed by atoms with Crippen LogP contribution < -0.4 is 5.73 Å². The molecule has 0 saturated heterocycles. The fourth-order valence-corrected chi connectivity index (χ4v) is 1.26. The second-order valence-corrected chi connectivity index (χ2v) is 4.02. The van der Waals surface area contributed by atoms with Gasteiger partial charge in [0.2, 0.25) is 0 Å². The van der Waals surface area contributed by atoms with Crippen molar-refractivity contribution in [3.05, 3.63) is 0 Å². The van der Waals surface area contributed by atoms with Crippen molar-refractivity contribution < 1.29 is 29.0 Å². The van der Waals surface area contributed by atoms with Gasteiger partial charge in [-0.25, -0.2) is 0 Å². The van der Waals surface area contributed by atoms with Crippen LogP contribution in [-0.4, -0.2) is 41.3 Å². The number of hydrogen-bond donors (Lipinski definition) is 2. The zero-order chi connectivity index (χ0) is 14.8. The molecule has 1 atom stereocenters. The van der Waals surface area contributed by atoms with Gasteiger partial charge in [-0.15, -0.1) is 12.4 Å². The summed E-state index contributed by atoms with van der Waals surface area (Å²) >= 11 is 0. The predicted molar refractivity (Wildman–Crippen MR) is 72.6 cm³/mol. The van der Waals surface area contributed by atoms with Crippen molar-refractivity contribution in [1.82, 2.24) is 0 Å². The van der Waals surface area contributed by atoms with Gasteiger partial charge < -0.3 is 15.6 Å². The van der Waals surface area contributed by atoms with Crippen molar-refractivity contribution in [2.75, 3.05) is 6.61 Å². The number of carbonyl (C=O) groups excluding carboxylic acids is 3. The van der Waals surface area contributed by atoms with Crippen LogP contribution in [0.15, 0.2) is 0 Å². The first kappa shape index (κ1) is 20.8. The lowest BCUT2D eigenvalue weighted by atomic mass is 10.0. The number of carboxylic acid groups (broad SMARTS) is 1. The number of ketones is 2. The Morgan fingerprint density at radius 3 is 2.10 bits per heavy atom. The van der Waals surface area contributed by atoms with Crippen molar-refractivity contribution in [2.45, 2.75) is 45.1 Å². The maximum atomic E-state index is 11.5. The van der Waals surface area contributed by atoms with E-state index in [0.717, 1.165) is 0 Å². The lowest BCUT2D eigenvalue weighted by molar-refractivity contribution is -0.144. The molecular weight excluding hydrogens is 290 g/mol. The third-order valence-electron chi connectivity index (χ3n) is 2.34. The third-order valence-corrected chi connectivity index (χ3v) is 2.34. The number of carbonyl (C=O) groups is 4. The zero-order valence-corrected chi connectivity index (χ0v) is 12.1. The largest absolute Gasteiger partial charge is 0.481 e. The molecule has 116 valence electrons. The molecular formula is C12H20ClNO6. The average molecular weight is 310 g/mol. The lowest BCUT2D eigenvalue weighted by Crippen LogP contribution is -2.39. The molecule has 0 radical (unpaired) electrons. The zero-order valence-electron chi connectivity index (χ0n) is 11.3. The molecule has 20 heavy (non-hydrogen) atoms. The van der Waals surface area contributed by atoms with Gasteiger partial charge in [0, 0.05) is 19.3 Å². The second kappa shape index (κ2) is 11.4. The maximum Gasteiger partial charge on any atom is 0.305 e. The first-order valence-electron chi connectivity index (χ1n) is 6.06. The van der Waals surface area contributed by atoms with Gasteiger partial charge in [-0.1, -0.05) is 6.92 Å². The lowest BCUT2D eigenvalue weighted by Gasteiger charge is -2.09. The summed E-state index contributed by atoms with van der Waals surface area (Å²) in [5.74, 6) is -2.70. The second-order valence-electron chi connectivity index (χ2n) is 4.02. The van der Waals surface area contributed by atoms with E-state index in [0.29, 0.717) is 6.42 Å². The predicted octanol–water partition coefficient (Wildman–Crippen LogP) is 0.472. The van der Waals surface area contributed by atoms with Crippen LogP contribution in [0.2, 0.25) is 0 Å². The molecule has 1 unspecified atom stereocenters. The van der Waals surface area contributed by atoms with E-state index in [2.05, 4.69) is 0 Å². The normalized spacial score (nSPS) is 11.1. The van der Waals surface area contributed by atoms with E-state index in [1.54, 1.807) is 0 Å². The number of carboxylic acids is 1. The number of Topliss-reactive ketones (excluding diaryl/α,β-unsaturated/α-hetero) is 2. The quantitative estimate of drug-likeness (QED) is 0.444. The SMILES string of the molecule is CCCC(=O)OCCC(=O)C(N)C(=O)CCC(=O)O.Cl. The summed E-state index contributed by atoms with van der Waals surface area (Å²) in [7, 11) is 0. The van der Waals surface area contributed by atoms with E-state index >= 15 is 0 Å². The maximum absolute atomic E-state index is 11.5. The number of aliphatic carboxylic acids is 1. The summed E-state index contributed by atoms with van der Waals surface area (Å²) in [4.78, 5) is 44.1. The molecule has 0 amide bonds. The van der Waals surface area contributed by atoms with Crippen molar-refractivity contribution >= 4 is 35.9 Å². The molecule has 0 saturated carbocycles. The van der Waals surface area contributed by atoms with Crippen LogP contribution in [0.4, 0.5) is 0 Å². The van der Waals surface area contributed by atoms with Crippen molar-refractivity contribution in [1.29, 1.82) is 0 Å². The molecule has 0 aromatic heterocycles. The summed E-state index contributed by atoms with van der Waals surface area (Å²) in [6, 6.07) is -1.34. The molecule has 7 nitrogen and oxygen atoms in total. The van der Waals surface area contributed by atoms with Crippen molar-refractivity contribution in [3.63, 3.8) is 0 Å². The molecule has 0 aromatic rings. The van der Waals surface area contributed by atoms with Crippen molar-refractivity contribution in [2.24, 2.45) is 5.73 Å². The first-order valence-corrected chi connectivity index (χ1v) is 6.06. The molecule has 0 aromatic carbocycles. The molecule has 0 aliphatic carbocycles. The van der Waals surface area contributed by atoms with Gasteiger partial charge in [0.05, 0.1) is 13.0 Å². The van der Waals surface area contributed by atoms with Gasteiger partial charge in [-0.2, -0.15) is 0 Å². The Kier molecular flexibility index (Phi) is 11.8. The van der Waals surface area contributed by atoms with Crippen LogP contribution >= 0.6 is 12.4 Å². The summed E-state index contributed by atoms with van der Waals surface area (Å²) < 4.78 is 4.76. The van der Waals surface area contributed by atoms with Crippen LogP contribution in [0.5, 0.6) is 0 Å². The van der Waals surface area contributed by atoms with E-state index in [1.807, 2.05) is 6.92 Å². The minimum Gasteiger partial charge on any atom is -0.481 e. The van der Waals surface area contributed by atoms with Gasteiger partial charge in [-0.05, 0) is 6.42 Å². The Labute approximate surface area is 123 Å². The molecule has 0 spiro atoms. The van der Waals surface area contributed by atoms with Gasteiger partial charge >= 0.3 is 11.9 Å². The number of rotatable bonds is 10. The Hall–Kier alpha value is -1.47. The van der Waals surface area contributed by atoms with E-state index < -0.39 is 29.5 Å². The van der Waals surface area contributed by atoms with Crippen LogP contribution in [0.1, 0.15) is 39.0 Å². The molecule has 0 rings (SSSR count). The van der Waals surface area contributed by atoms with E-state index in [9.17, 15) is 19.2 Å². The highest BCUT2D eigenvalue weighted by Crippen LogP contribution is 2.00. The minimum atomic E-state index is -1.34. The molecule has 0 fully saturated rings. The molecule has 0 heterocycles. The van der Waals surface area contributed by atoms with Gasteiger partial charge in [-0.3, -0.25) is 19.2 Å². The fraction of sp³-hybridized carbons (Fsp3) is 0.667. The number of halogens is 1. The van der Waals surface area contributed by atoms with Crippen molar-refractivity contribution in [3.8, 4) is 0 Å². The smallest absolute Gasteiger partial charge is 0.305 e. The number of nitrogens with two attached hydrogens (primary N) is 1. The molecule has 0 aliphatic rings. The average Bonchev–Trinajstić information content (AvgIpc) is 2.35. The molecule has 8 heteroatoms. The highest BCUT2D eigenvalue weighted by molar-refractivity contribution is 6.06.